The highest BCUT2D eigenvalue weighted by atomic mass is 16.5. The molecule has 3 amide bonds. The fourth-order valence-electron chi connectivity index (χ4n) is 2.53. The predicted octanol–water partition coefficient (Wildman–Crippen LogP) is 3.01. The predicted molar refractivity (Wildman–Crippen MR) is 108 cm³/mol. The summed E-state index contributed by atoms with van der Waals surface area (Å²) in [6, 6.07) is 16.9. The van der Waals surface area contributed by atoms with Gasteiger partial charge >= 0.3 is 17.8 Å². The third-order valence-electron chi connectivity index (χ3n) is 4.28. The van der Waals surface area contributed by atoms with Gasteiger partial charge in [-0.15, -0.1) is 0 Å². The van der Waals surface area contributed by atoms with Gasteiger partial charge in [-0.05, 0) is 24.6 Å². The summed E-state index contributed by atoms with van der Waals surface area (Å²) >= 11 is 0. The van der Waals surface area contributed by atoms with Crippen molar-refractivity contribution in [1.29, 1.82) is 0 Å². The molecule has 0 radical (unpaired) electrons. The number of anilines is 1. The summed E-state index contributed by atoms with van der Waals surface area (Å²) in [6.07, 6.45) is 0.368. The van der Waals surface area contributed by atoms with Crippen LogP contribution in [0.2, 0.25) is 0 Å². The molecule has 1 heterocycles. The van der Waals surface area contributed by atoms with Crippen LogP contribution in [0.15, 0.2) is 59.1 Å². The number of carbonyl (C=O) groups excluding carboxylic acids is 2. The fraction of sp³-hybridized carbons (Fsp3) is 0.238. The monoisotopic (exact) mass is 393 g/mol. The molecule has 0 aliphatic carbocycles. The van der Waals surface area contributed by atoms with Crippen LogP contribution in [-0.4, -0.2) is 40.6 Å². The zero-order valence-electron chi connectivity index (χ0n) is 16.4. The van der Waals surface area contributed by atoms with Crippen molar-refractivity contribution < 1.29 is 14.1 Å². The van der Waals surface area contributed by atoms with E-state index in [1.807, 2.05) is 61.5 Å². The van der Waals surface area contributed by atoms with Crippen LogP contribution in [0, 0.1) is 6.92 Å². The van der Waals surface area contributed by atoms with Gasteiger partial charge in [0.15, 0.2) is 5.82 Å². The molecule has 0 aliphatic heterocycles. The van der Waals surface area contributed by atoms with Crippen molar-refractivity contribution in [1.82, 2.24) is 20.4 Å². The van der Waals surface area contributed by atoms with Crippen molar-refractivity contribution in [2.75, 3.05) is 18.9 Å². The molecule has 0 fully saturated rings. The second kappa shape index (κ2) is 9.50. The number of likely N-dealkylation sites (N-methyl/N-ethyl adjacent to an activating group) is 1. The van der Waals surface area contributed by atoms with Crippen molar-refractivity contribution >= 4 is 17.6 Å². The molecule has 29 heavy (non-hydrogen) atoms. The Morgan fingerprint density at radius 3 is 2.52 bits per heavy atom. The lowest BCUT2D eigenvalue weighted by Crippen LogP contribution is -2.33. The molecule has 8 nitrogen and oxygen atoms in total. The standard InChI is InChI=1S/C21H23N5O3/c1-15-8-10-17(11-9-15)23-21(28)26(2)13-12-18-24-20(29-25-18)19(27)22-14-16-6-4-3-5-7-16/h3-11H,12-14H2,1-2H3,(H,22,27)(H,23,28). The molecule has 2 N–H and O–H groups in total. The lowest BCUT2D eigenvalue weighted by atomic mass is 10.2. The molecular formula is C21H23N5O3. The number of amides is 3. The van der Waals surface area contributed by atoms with Crippen LogP contribution in [0.4, 0.5) is 10.5 Å². The summed E-state index contributed by atoms with van der Waals surface area (Å²) in [5.74, 6) is -0.161. The first-order valence-electron chi connectivity index (χ1n) is 9.25. The molecule has 0 spiro atoms. The van der Waals surface area contributed by atoms with E-state index < -0.39 is 5.91 Å². The molecule has 0 bridgehead atoms. The fourth-order valence-corrected chi connectivity index (χ4v) is 2.53. The average Bonchev–Trinajstić information content (AvgIpc) is 3.22. The number of rotatable bonds is 7. The van der Waals surface area contributed by atoms with Gasteiger partial charge < -0.3 is 20.1 Å². The number of carbonyl (C=O) groups is 2. The molecule has 3 rings (SSSR count). The summed E-state index contributed by atoms with van der Waals surface area (Å²) in [6.45, 7) is 2.74. The Kier molecular flexibility index (Phi) is 6.57. The topological polar surface area (TPSA) is 100 Å². The van der Waals surface area contributed by atoms with E-state index in [9.17, 15) is 9.59 Å². The maximum Gasteiger partial charge on any atom is 0.321 e. The van der Waals surface area contributed by atoms with Crippen molar-refractivity contribution in [3.8, 4) is 0 Å². The molecule has 0 aliphatic rings. The quantitative estimate of drug-likeness (QED) is 0.643. The van der Waals surface area contributed by atoms with Gasteiger partial charge in [0.25, 0.3) is 0 Å². The van der Waals surface area contributed by atoms with E-state index in [4.69, 9.17) is 4.52 Å². The Hall–Kier alpha value is -3.68. The van der Waals surface area contributed by atoms with Crippen LogP contribution >= 0.6 is 0 Å². The maximum atomic E-state index is 12.2. The second-order valence-corrected chi connectivity index (χ2v) is 6.65. The average molecular weight is 393 g/mol. The number of urea groups is 1. The zero-order chi connectivity index (χ0) is 20.6. The van der Waals surface area contributed by atoms with Gasteiger partial charge in [-0.2, -0.15) is 4.98 Å². The Morgan fingerprint density at radius 1 is 1.07 bits per heavy atom. The third kappa shape index (κ3) is 5.90. The minimum Gasteiger partial charge on any atom is -0.344 e. The number of aryl methyl sites for hydroxylation is 1. The van der Waals surface area contributed by atoms with E-state index in [1.165, 1.54) is 4.90 Å². The number of aromatic nitrogens is 2. The Morgan fingerprint density at radius 2 is 1.79 bits per heavy atom. The normalized spacial score (nSPS) is 10.4. The number of hydrogen-bond donors (Lipinski definition) is 2. The van der Waals surface area contributed by atoms with E-state index in [1.54, 1.807) is 7.05 Å². The van der Waals surface area contributed by atoms with Crippen molar-refractivity contribution in [2.45, 2.75) is 19.9 Å². The van der Waals surface area contributed by atoms with E-state index >= 15 is 0 Å². The van der Waals surface area contributed by atoms with E-state index in [0.29, 0.717) is 25.3 Å². The highest BCUT2D eigenvalue weighted by Crippen LogP contribution is 2.09. The number of hydrogen-bond acceptors (Lipinski definition) is 5. The number of benzene rings is 2. The minimum atomic E-state index is -0.432. The van der Waals surface area contributed by atoms with Crippen LogP contribution in [0.1, 0.15) is 27.6 Å². The molecule has 150 valence electrons. The largest absolute Gasteiger partial charge is 0.344 e. The van der Waals surface area contributed by atoms with E-state index in [-0.39, 0.29) is 11.9 Å². The van der Waals surface area contributed by atoms with Crippen molar-refractivity contribution in [3.05, 3.63) is 77.4 Å². The van der Waals surface area contributed by atoms with Gasteiger partial charge in [0, 0.05) is 32.2 Å². The summed E-state index contributed by atoms with van der Waals surface area (Å²) in [7, 11) is 1.68. The van der Waals surface area contributed by atoms with Crippen LogP contribution in [0.25, 0.3) is 0 Å². The van der Waals surface area contributed by atoms with Crippen LogP contribution in [0.3, 0.4) is 0 Å². The van der Waals surface area contributed by atoms with E-state index in [0.717, 1.165) is 16.8 Å². The van der Waals surface area contributed by atoms with Crippen molar-refractivity contribution in [3.63, 3.8) is 0 Å². The Labute approximate surface area is 168 Å². The molecule has 2 aromatic carbocycles. The Bertz CT molecular complexity index is 954. The van der Waals surface area contributed by atoms with Crippen LogP contribution in [0.5, 0.6) is 0 Å². The van der Waals surface area contributed by atoms with Crippen LogP contribution < -0.4 is 10.6 Å². The summed E-state index contributed by atoms with van der Waals surface area (Å²) in [5.41, 5.74) is 2.82. The summed E-state index contributed by atoms with van der Waals surface area (Å²) in [4.78, 5) is 30.0. The number of nitrogens with one attached hydrogen (secondary N) is 2. The van der Waals surface area contributed by atoms with Gasteiger partial charge in [-0.3, -0.25) is 4.79 Å². The first-order chi connectivity index (χ1) is 14.0. The summed E-state index contributed by atoms with van der Waals surface area (Å²) in [5, 5.41) is 9.36. The van der Waals surface area contributed by atoms with Gasteiger partial charge in [-0.25, -0.2) is 4.79 Å². The minimum absolute atomic E-state index is 0.0947. The molecule has 0 saturated carbocycles. The molecule has 8 heteroatoms. The van der Waals surface area contributed by atoms with Gasteiger partial charge in [0.1, 0.15) is 0 Å². The molecule has 0 saturated heterocycles. The SMILES string of the molecule is Cc1ccc(NC(=O)N(C)CCc2noc(C(=O)NCc3ccccc3)n2)cc1. The number of nitrogens with zero attached hydrogens (tertiary/aromatic N) is 3. The smallest absolute Gasteiger partial charge is 0.321 e. The lowest BCUT2D eigenvalue weighted by molar-refractivity contribution is 0.0907. The van der Waals surface area contributed by atoms with Crippen molar-refractivity contribution in [2.24, 2.45) is 0 Å². The Balaban J connectivity index is 1.46. The molecular weight excluding hydrogens is 370 g/mol. The summed E-state index contributed by atoms with van der Waals surface area (Å²) < 4.78 is 5.02. The second-order valence-electron chi connectivity index (χ2n) is 6.65. The first kappa shape index (κ1) is 20.1. The molecule has 0 unspecified atom stereocenters. The van der Waals surface area contributed by atoms with Crippen LogP contribution in [-0.2, 0) is 13.0 Å². The first-order valence-corrected chi connectivity index (χ1v) is 9.25. The van der Waals surface area contributed by atoms with E-state index in [2.05, 4.69) is 20.8 Å². The third-order valence-corrected chi connectivity index (χ3v) is 4.28. The maximum absolute atomic E-state index is 12.2. The highest BCUT2D eigenvalue weighted by Gasteiger charge is 2.16. The zero-order valence-corrected chi connectivity index (χ0v) is 16.4. The molecule has 3 aromatic rings. The van der Waals surface area contributed by atoms with Gasteiger partial charge in [0.2, 0.25) is 0 Å². The molecule has 1 aromatic heterocycles. The highest BCUT2D eigenvalue weighted by molar-refractivity contribution is 5.89. The lowest BCUT2D eigenvalue weighted by Gasteiger charge is -2.17. The molecule has 0 atom stereocenters. The van der Waals surface area contributed by atoms with Gasteiger partial charge in [-0.1, -0.05) is 53.2 Å². The van der Waals surface area contributed by atoms with Gasteiger partial charge in [0.05, 0.1) is 0 Å².